The van der Waals surface area contributed by atoms with E-state index in [1.165, 1.54) is 77.6 Å². The van der Waals surface area contributed by atoms with Gasteiger partial charge in [-0.15, -0.1) is 0 Å². The summed E-state index contributed by atoms with van der Waals surface area (Å²) < 4.78 is 220. The summed E-state index contributed by atoms with van der Waals surface area (Å²) in [7, 11) is -3.68. The van der Waals surface area contributed by atoms with Crippen molar-refractivity contribution in [3.63, 3.8) is 0 Å². The molecule has 8 N–H and O–H groups in total. The molecular formula is C80H85Cl4F15N26O7S. The van der Waals surface area contributed by atoms with E-state index in [1.54, 1.807) is 70.2 Å². The van der Waals surface area contributed by atoms with Crippen molar-refractivity contribution < 1.29 is 105 Å². The molecule has 33 nitrogen and oxygen atoms in total. The number of halogens is 19. The number of alkyl halides is 15. The number of hydrogen-bond donors (Lipinski definition) is 8. The molecule has 17 rings (SSSR count). The van der Waals surface area contributed by atoms with E-state index in [1.807, 2.05) is 22.9 Å². The Bertz CT molecular complexity index is 6420. The molecule has 133 heavy (non-hydrogen) atoms. The average Bonchev–Trinajstić information content (AvgIpc) is 1.63. The fourth-order valence-electron chi connectivity index (χ4n) is 15.0. The number of rotatable bonds is 21. The number of carbonyl (C=O) groups excluding carboxylic acids is 5. The van der Waals surface area contributed by atoms with E-state index in [9.17, 15) is 98.2 Å². The highest BCUT2D eigenvalue weighted by Gasteiger charge is 2.50. The summed E-state index contributed by atoms with van der Waals surface area (Å²) in [4.78, 5) is 133. The van der Waals surface area contributed by atoms with Crippen LogP contribution in [0.15, 0.2) is 123 Å². The summed E-state index contributed by atoms with van der Waals surface area (Å²) in [6.07, 6.45) is -0.0272. The minimum Gasteiger partial charge on any atom is -0.345 e. The average molecular weight is 1980 g/mol. The number of nitrogens with zero attached hydrogens (tertiary/aromatic N) is 18. The van der Waals surface area contributed by atoms with Crippen LogP contribution in [0.4, 0.5) is 89.1 Å². The van der Waals surface area contributed by atoms with Crippen LogP contribution in [0, 0.1) is 5.92 Å². The molecule has 12 aromatic heterocycles. The van der Waals surface area contributed by atoms with Crippen molar-refractivity contribution in [2.24, 2.45) is 5.92 Å². The Morgan fingerprint density at radius 3 is 1.16 bits per heavy atom. The predicted octanol–water partition coefficient (Wildman–Crippen LogP) is 13.8. The molecule has 5 amide bonds. The summed E-state index contributed by atoms with van der Waals surface area (Å²) >= 11 is 24.2. The summed E-state index contributed by atoms with van der Waals surface area (Å²) in [6, 6.07) is 7.76. The number of hydrogen-bond acceptors (Lipinski definition) is 23. The number of amides is 5. The van der Waals surface area contributed by atoms with Gasteiger partial charge in [0.05, 0.1) is 45.5 Å². The molecule has 53 heteroatoms. The highest BCUT2D eigenvalue weighted by molar-refractivity contribution is 7.89. The van der Waals surface area contributed by atoms with Gasteiger partial charge in [-0.05, 0) is 67.8 Å². The van der Waals surface area contributed by atoms with E-state index in [4.69, 9.17) is 46.4 Å². The van der Waals surface area contributed by atoms with Crippen molar-refractivity contribution in [3.05, 3.63) is 143 Å². The molecule has 5 aliphatic rings. The van der Waals surface area contributed by atoms with Crippen LogP contribution in [0.1, 0.15) is 52.6 Å². The van der Waals surface area contributed by atoms with Crippen LogP contribution in [0.5, 0.6) is 0 Å². The molecular weight excluding hydrogens is 1900 g/mol. The Morgan fingerprint density at radius 2 is 0.797 bits per heavy atom. The van der Waals surface area contributed by atoms with Crippen molar-refractivity contribution in [2.45, 2.75) is 106 Å². The van der Waals surface area contributed by atoms with Crippen molar-refractivity contribution in [1.82, 2.24) is 110 Å². The maximum atomic E-state index is 14.1. The first-order chi connectivity index (χ1) is 62.9. The van der Waals surface area contributed by atoms with Gasteiger partial charge in [0.2, 0.25) is 39.6 Å². The highest BCUT2D eigenvalue weighted by Crippen LogP contribution is 2.40. The molecule has 0 aromatic carbocycles. The lowest BCUT2D eigenvalue weighted by molar-refractivity contribution is -0.141. The first-order valence-corrected chi connectivity index (χ1v) is 43.6. The molecule has 16 heterocycles. The fraction of sp³-hybridized carbons (Fsp3) is 0.388. The number of fused-ring (bicyclic) bond motifs is 4. The van der Waals surface area contributed by atoms with E-state index in [2.05, 4.69) is 79.7 Å². The minimum absolute atomic E-state index is 0. The Labute approximate surface area is 770 Å². The van der Waals surface area contributed by atoms with E-state index in [-0.39, 0.29) is 105 Å². The van der Waals surface area contributed by atoms with Gasteiger partial charge in [-0.2, -0.15) is 57.0 Å². The number of anilines is 4. The molecule has 716 valence electrons. The van der Waals surface area contributed by atoms with Gasteiger partial charge in [-0.1, -0.05) is 59.7 Å². The maximum absolute atomic E-state index is 14.1. The van der Waals surface area contributed by atoms with Crippen LogP contribution >= 0.6 is 46.4 Å². The Morgan fingerprint density at radius 1 is 0.459 bits per heavy atom. The topological polar surface area (TPSA) is 405 Å². The number of aromatic amines is 4. The number of sulfonamides is 1. The molecule has 4 aliphatic heterocycles. The Kier molecular flexibility index (Phi) is 29.0. The van der Waals surface area contributed by atoms with Crippen molar-refractivity contribution in [3.8, 4) is 45.6 Å². The first kappa shape index (κ1) is 96.7. The summed E-state index contributed by atoms with van der Waals surface area (Å²) in [5.74, 6) is -5.44. The van der Waals surface area contributed by atoms with Gasteiger partial charge in [0.15, 0.2) is 23.3 Å². The number of unbranched alkanes of at least 4 members (excludes halogenated alkanes) is 1. The van der Waals surface area contributed by atoms with Crippen LogP contribution in [-0.2, 0) is 34.0 Å². The summed E-state index contributed by atoms with van der Waals surface area (Å²) in [5, 5.41) is 11.6. The zero-order chi connectivity index (χ0) is 95.4. The highest BCUT2D eigenvalue weighted by atomic mass is 35.5. The molecule has 5 atom stereocenters. The Balaban J connectivity index is 0.000000204. The smallest absolute Gasteiger partial charge is 0.345 e. The fourth-order valence-corrected chi connectivity index (χ4v) is 17.3. The monoisotopic (exact) mass is 1980 g/mol. The molecule has 0 radical (unpaired) electrons. The van der Waals surface area contributed by atoms with E-state index in [0.717, 1.165) is 22.0 Å². The van der Waals surface area contributed by atoms with Gasteiger partial charge in [-0.3, -0.25) is 24.0 Å². The normalized spacial score (nSPS) is 18.4. The number of nitrogens with one attached hydrogen (secondary N) is 8. The number of pyridine rings is 4. The number of piperazine rings is 2. The molecule has 0 bridgehead atoms. The lowest BCUT2D eigenvalue weighted by Crippen LogP contribution is -2.61. The molecule has 1 saturated carbocycles. The molecule has 0 spiro atoms. The molecule has 5 fully saturated rings. The number of H-pyrrole nitrogens is 4. The summed E-state index contributed by atoms with van der Waals surface area (Å²) in [5.41, 5.74) is 4.54. The second-order valence-corrected chi connectivity index (χ2v) is 34.8. The lowest BCUT2D eigenvalue weighted by atomic mass is 10.1. The van der Waals surface area contributed by atoms with Gasteiger partial charge in [-0.25, -0.2) is 81.4 Å². The van der Waals surface area contributed by atoms with Crippen molar-refractivity contribution >= 4 is 153 Å². The minimum atomic E-state index is -4.66. The molecule has 12 aromatic rings. The van der Waals surface area contributed by atoms with Gasteiger partial charge in [0.25, 0.3) is 5.92 Å². The number of carbonyl (C=O) groups is 5. The van der Waals surface area contributed by atoms with E-state index in [0.29, 0.717) is 118 Å². The number of aromatic nitrogens is 16. The van der Waals surface area contributed by atoms with Gasteiger partial charge >= 0.3 is 24.7 Å². The van der Waals surface area contributed by atoms with Crippen LogP contribution in [0.2, 0.25) is 20.1 Å². The zero-order valence-corrected chi connectivity index (χ0v) is 72.8. The van der Waals surface area contributed by atoms with Crippen LogP contribution in [-0.4, -0.2) is 272 Å². The third kappa shape index (κ3) is 24.2. The molecule has 1 aliphatic carbocycles. The second kappa shape index (κ2) is 39.8. The maximum Gasteiger partial charge on any atom is 0.405 e. The van der Waals surface area contributed by atoms with Gasteiger partial charge in [0, 0.05) is 177 Å². The van der Waals surface area contributed by atoms with Gasteiger partial charge < -0.3 is 65.7 Å². The van der Waals surface area contributed by atoms with Crippen LogP contribution in [0.3, 0.4) is 0 Å². The SMILES string of the molecule is CCCCS(=O)(=O)N1CCN(c2ccnc(-c3c[nH]c4ncc(Cl)cc34)n2)[C@@H](C(=O)NCC(F)(F)F)C1.O=C(NCC(F)(F)F)[C@H]1CC(F)(F)CN1c1ccnc(-c2c[nH]c3ncc(Cl)cc23)n1.O=C(NCC(F)(F)F)[C@H]1CN(C(=O)C2CC2)CCN1c1ccnc(-c2c[nH]c3ncc(Cl)cc23)n1.O=C(NCC(F)(F)F)[C@H]1C[C@H](F)CN1c1ccnc(-c2c[nH]c3ncc(Cl)cc23)n1.[HH].[HH].[HH].[HH].[HH]. The van der Waals surface area contributed by atoms with E-state index < -0.39 is 134 Å². The predicted molar refractivity (Wildman–Crippen MR) is 469 cm³/mol. The first-order valence-electron chi connectivity index (χ1n) is 40.5. The molecule has 0 unspecified atom stereocenters. The van der Waals surface area contributed by atoms with Crippen molar-refractivity contribution in [2.75, 3.05) is 104 Å². The standard InChI is InChI=1S/C22H25ClF3N7O3S.C22H21ClF3N7O2.C18H14ClF5N6O.C18H15ClF4N6O.5H2/c1-2-3-8-37(35,36)32-6-7-33(17(12-32)21(34)30-13-22(24,25)26)18-4-5-27-20(31-18)16-11-29-19-15(16)9-14(23)10-28-19;23-13-7-14-15(9-29-18(14)28-8-13)19-27-4-3-17(31-19)33-6-5-32(21(35)12-1-2-12)10-16(33)20(34)30-11-22(24,25)26;19-9-3-10-11(6-27-14(10)26-5-9)15-25-2-1-13(29-15)30-8-17(20,21)4-12(30)16(31)28-7-18(22,23)24;19-9-3-11-12(6-26-15(11)25-5-9)16-24-2-1-14(28-16)29-7-10(20)4-13(29)17(30)27-8-18(21,22)23;;;;;/h4-5,9-11,17H,2-3,6-8,12-13H2,1H3,(H,28,29)(H,30,34);3-4,7-9,12,16H,1-2,5-6,10-11H2,(H,28,29)(H,30,34);1-3,5-6,12H,4,7-8H2,(H,26,27)(H,28,31);1-3,5-6,10,13H,4,7-8H2,(H,25,26)(H,27,30);5*1H/t17-;16-;12-;10-,13+;;;;;/m1110...../s1. The largest absolute Gasteiger partial charge is 0.405 e. The quantitative estimate of drug-likeness (QED) is 0.0310. The Hall–Kier alpha value is -12.4. The molecule has 4 saturated heterocycles. The second-order valence-electron chi connectivity index (χ2n) is 31.0. The third-order valence-corrected chi connectivity index (χ3v) is 24.1. The lowest BCUT2D eigenvalue weighted by Gasteiger charge is -2.41. The van der Waals surface area contributed by atoms with Gasteiger partial charge in [0.1, 0.15) is 102 Å². The van der Waals surface area contributed by atoms with Crippen LogP contribution in [0.25, 0.3) is 89.7 Å². The van der Waals surface area contributed by atoms with Crippen LogP contribution < -0.4 is 40.9 Å². The zero-order valence-electron chi connectivity index (χ0n) is 68.9. The summed E-state index contributed by atoms with van der Waals surface area (Å²) in [6.45, 7) is -4.90. The van der Waals surface area contributed by atoms with E-state index >= 15 is 0 Å². The van der Waals surface area contributed by atoms with Crippen molar-refractivity contribution in [1.29, 1.82) is 0 Å². The third-order valence-electron chi connectivity index (χ3n) is 21.4.